The largest absolute Gasteiger partial charge is 0.478 e. The molecule has 1 unspecified atom stereocenters. The van der Waals surface area contributed by atoms with Crippen molar-refractivity contribution in [3.05, 3.63) is 58.1 Å². The highest BCUT2D eigenvalue weighted by Crippen LogP contribution is 2.27. The predicted octanol–water partition coefficient (Wildman–Crippen LogP) is 3.92. The van der Waals surface area contributed by atoms with E-state index in [-0.39, 0.29) is 18.5 Å². The van der Waals surface area contributed by atoms with Crippen molar-refractivity contribution >= 4 is 41.1 Å². The van der Waals surface area contributed by atoms with E-state index in [0.717, 1.165) is 23.2 Å². The number of hydrogen-bond acceptors (Lipinski definition) is 5. The van der Waals surface area contributed by atoms with Gasteiger partial charge in [0.1, 0.15) is 0 Å². The quantitative estimate of drug-likeness (QED) is 0.534. The van der Waals surface area contributed by atoms with Crippen molar-refractivity contribution < 1.29 is 24.2 Å². The molecule has 4 rings (SSSR count). The van der Waals surface area contributed by atoms with Crippen LogP contribution in [0.2, 0.25) is 5.02 Å². The molecule has 10 heteroatoms. The third kappa shape index (κ3) is 5.62. The monoisotopic (exact) mass is 500 g/mol. The Morgan fingerprint density at radius 1 is 1.23 bits per heavy atom. The average Bonchev–Trinajstić information content (AvgIpc) is 3.00. The fourth-order valence-corrected chi connectivity index (χ4v) is 4.92. The molecular formula is C25H29ClN4O5. The number of carbonyl (C=O) groups excluding carboxylic acids is 2. The van der Waals surface area contributed by atoms with Crippen LogP contribution in [0.3, 0.4) is 0 Å². The Morgan fingerprint density at radius 3 is 2.63 bits per heavy atom. The third-order valence-electron chi connectivity index (χ3n) is 6.64. The molecule has 3 amide bonds. The molecule has 1 fully saturated rings. The molecule has 2 aliphatic heterocycles. The van der Waals surface area contributed by atoms with E-state index in [1.165, 1.54) is 4.90 Å². The fourth-order valence-electron chi connectivity index (χ4n) is 4.63. The van der Waals surface area contributed by atoms with Gasteiger partial charge in [-0.25, -0.2) is 14.4 Å². The lowest BCUT2D eigenvalue weighted by Crippen LogP contribution is -2.50. The number of piperidine rings is 1. The van der Waals surface area contributed by atoms with Crippen molar-refractivity contribution in [1.82, 2.24) is 9.80 Å². The molecular weight excluding hydrogens is 472 g/mol. The first-order valence-electron chi connectivity index (χ1n) is 11.6. The van der Waals surface area contributed by atoms with Gasteiger partial charge in [0.25, 0.3) is 0 Å². The number of likely N-dealkylation sites (tertiary alicyclic amines) is 1. The maximum atomic E-state index is 12.8. The number of carboxylic acid groups (broad SMARTS) is 1. The summed E-state index contributed by atoms with van der Waals surface area (Å²) in [5, 5.41) is 12.9. The highest BCUT2D eigenvalue weighted by Gasteiger charge is 2.33. The van der Waals surface area contributed by atoms with Crippen LogP contribution in [-0.4, -0.2) is 64.8 Å². The molecule has 1 saturated heterocycles. The summed E-state index contributed by atoms with van der Waals surface area (Å²) < 4.78 is 5.35. The topological polar surface area (TPSA) is 125 Å². The Hall–Kier alpha value is -3.46. The van der Waals surface area contributed by atoms with Gasteiger partial charge < -0.3 is 30.7 Å². The number of aliphatic carboxylic acids is 1. The normalized spacial score (nSPS) is 17.3. The van der Waals surface area contributed by atoms with E-state index in [4.69, 9.17) is 22.1 Å². The van der Waals surface area contributed by atoms with Gasteiger partial charge in [-0.05, 0) is 55.0 Å². The van der Waals surface area contributed by atoms with E-state index in [0.29, 0.717) is 48.7 Å². The lowest BCUT2D eigenvalue weighted by atomic mass is 10.0. The molecule has 35 heavy (non-hydrogen) atoms. The zero-order valence-corrected chi connectivity index (χ0v) is 20.3. The van der Waals surface area contributed by atoms with E-state index < -0.39 is 18.2 Å². The van der Waals surface area contributed by atoms with Gasteiger partial charge in [-0.2, -0.15) is 0 Å². The molecule has 0 bridgehead atoms. The second-order valence-corrected chi connectivity index (χ2v) is 9.38. The number of carboxylic acids is 1. The number of nitrogens with one attached hydrogen (secondary N) is 1. The zero-order chi connectivity index (χ0) is 25.1. The Kier molecular flexibility index (Phi) is 7.35. The molecule has 2 aromatic rings. The number of aryl methyl sites for hydroxylation is 1. The summed E-state index contributed by atoms with van der Waals surface area (Å²) in [4.78, 5) is 40.6. The summed E-state index contributed by atoms with van der Waals surface area (Å²) in [6, 6.07) is 10.9. The summed E-state index contributed by atoms with van der Waals surface area (Å²) in [6.07, 6.45) is -0.123. The van der Waals surface area contributed by atoms with E-state index in [2.05, 4.69) is 5.32 Å². The number of nitrogens with zero attached hydrogens (tertiary/aromatic N) is 2. The molecule has 0 spiro atoms. The van der Waals surface area contributed by atoms with Gasteiger partial charge in [-0.1, -0.05) is 35.9 Å². The highest BCUT2D eigenvalue weighted by atomic mass is 35.5. The van der Waals surface area contributed by atoms with E-state index in [9.17, 15) is 19.5 Å². The minimum Gasteiger partial charge on any atom is -0.478 e. The molecule has 0 saturated carbocycles. The molecule has 2 aliphatic rings. The Morgan fingerprint density at radius 2 is 1.94 bits per heavy atom. The van der Waals surface area contributed by atoms with Crippen LogP contribution < -0.4 is 11.1 Å². The van der Waals surface area contributed by atoms with Gasteiger partial charge in [0.15, 0.2) is 0 Å². The maximum Gasteiger partial charge on any atom is 0.410 e. The van der Waals surface area contributed by atoms with Crippen molar-refractivity contribution in [3.8, 4) is 0 Å². The Balaban J connectivity index is 1.33. The number of nitrogens with two attached hydrogens (primary N) is 1. The number of carbonyl (C=O) groups is 3. The lowest BCUT2D eigenvalue weighted by Gasteiger charge is -2.37. The van der Waals surface area contributed by atoms with E-state index >= 15 is 0 Å². The smallest absolute Gasteiger partial charge is 0.410 e. The van der Waals surface area contributed by atoms with E-state index in [1.807, 2.05) is 29.2 Å². The van der Waals surface area contributed by atoms with Crippen LogP contribution in [0, 0.1) is 6.92 Å². The van der Waals surface area contributed by atoms with Crippen molar-refractivity contribution in [1.29, 1.82) is 0 Å². The second-order valence-electron chi connectivity index (χ2n) is 8.97. The Bertz CT molecular complexity index is 1110. The number of hydrogen-bond donors (Lipinski definition) is 3. The van der Waals surface area contributed by atoms with Gasteiger partial charge in [0.05, 0.1) is 10.7 Å². The number of benzene rings is 2. The van der Waals surface area contributed by atoms with Gasteiger partial charge >= 0.3 is 18.1 Å². The standard InChI is InChI=1S/C25H29ClN4O5/c1-15-12-16(13-19(26)22(15)27)14-21(23(31)32)35-25(34)29-9-7-18(8-10-29)30-11-6-17-4-2-3-5-20(17)28-24(30)33/h2-5,12-13,18,21H,6-11,14,27H2,1H3,(H,28,33)(H,31,32). The molecule has 2 aromatic carbocycles. The SMILES string of the molecule is Cc1cc(CC(OC(=O)N2CCC(N3CCc4ccccc4NC3=O)CC2)C(=O)O)cc(Cl)c1N. The molecule has 4 N–H and O–H groups in total. The van der Waals surface area contributed by atoms with Crippen LogP contribution in [0.1, 0.15) is 29.5 Å². The average molecular weight is 501 g/mol. The number of ether oxygens (including phenoxy) is 1. The number of fused-ring (bicyclic) bond motifs is 1. The second kappa shape index (κ2) is 10.4. The minimum absolute atomic E-state index is 0.0106. The number of nitrogen functional groups attached to an aromatic ring is 1. The summed E-state index contributed by atoms with van der Waals surface area (Å²) in [5.41, 5.74) is 9.57. The number of urea groups is 1. The van der Waals surface area contributed by atoms with Crippen molar-refractivity contribution in [2.24, 2.45) is 0 Å². The number of para-hydroxylation sites is 1. The molecule has 0 radical (unpaired) electrons. The van der Waals surface area contributed by atoms with Gasteiger partial charge in [0, 0.05) is 37.8 Å². The van der Waals surface area contributed by atoms with E-state index in [1.54, 1.807) is 19.1 Å². The lowest BCUT2D eigenvalue weighted by molar-refractivity contribution is -0.147. The molecule has 9 nitrogen and oxygen atoms in total. The third-order valence-corrected chi connectivity index (χ3v) is 6.95. The summed E-state index contributed by atoms with van der Waals surface area (Å²) in [5.74, 6) is -1.24. The summed E-state index contributed by atoms with van der Waals surface area (Å²) in [6.45, 7) is 3.13. The molecule has 0 aromatic heterocycles. The van der Waals surface area contributed by atoms with Crippen LogP contribution in [0.5, 0.6) is 0 Å². The first-order chi connectivity index (χ1) is 16.7. The summed E-state index contributed by atoms with van der Waals surface area (Å²) >= 11 is 6.11. The number of rotatable bonds is 5. The van der Waals surface area contributed by atoms with Gasteiger partial charge in [-0.15, -0.1) is 0 Å². The number of amides is 3. The van der Waals surface area contributed by atoms with Crippen molar-refractivity contribution in [2.45, 2.75) is 44.8 Å². The van der Waals surface area contributed by atoms with Crippen LogP contribution in [0.15, 0.2) is 36.4 Å². The first kappa shape index (κ1) is 24.7. The highest BCUT2D eigenvalue weighted by molar-refractivity contribution is 6.33. The first-order valence-corrected chi connectivity index (χ1v) is 12.0. The fraction of sp³-hybridized carbons (Fsp3) is 0.400. The Labute approximate surface area is 208 Å². The van der Waals surface area contributed by atoms with Gasteiger partial charge in [-0.3, -0.25) is 0 Å². The number of halogens is 1. The van der Waals surface area contributed by atoms with Gasteiger partial charge in [0.2, 0.25) is 6.10 Å². The minimum atomic E-state index is -1.35. The van der Waals surface area contributed by atoms with Crippen LogP contribution in [-0.2, 0) is 22.4 Å². The van der Waals surface area contributed by atoms with Crippen molar-refractivity contribution in [2.75, 3.05) is 30.7 Å². The molecule has 186 valence electrons. The zero-order valence-electron chi connectivity index (χ0n) is 19.5. The predicted molar refractivity (Wildman–Crippen MR) is 133 cm³/mol. The maximum absolute atomic E-state index is 12.8. The molecule has 0 aliphatic carbocycles. The number of anilines is 2. The van der Waals surface area contributed by atoms with Crippen molar-refractivity contribution in [3.63, 3.8) is 0 Å². The van der Waals surface area contributed by atoms with Crippen LogP contribution in [0.4, 0.5) is 21.0 Å². The van der Waals surface area contributed by atoms with Crippen LogP contribution in [0.25, 0.3) is 0 Å². The summed E-state index contributed by atoms with van der Waals surface area (Å²) in [7, 11) is 0. The molecule has 2 heterocycles. The molecule has 1 atom stereocenters. The van der Waals surface area contributed by atoms with Crippen LogP contribution >= 0.6 is 11.6 Å².